The van der Waals surface area contributed by atoms with Crippen molar-refractivity contribution in [3.8, 4) is 0 Å². The van der Waals surface area contributed by atoms with Crippen molar-refractivity contribution in [3.63, 3.8) is 0 Å². The Morgan fingerprint density at radius 3 is 3.00 bits per heavy atom. The van der Waals surface area contributed by atoms with Crippen molar-refractivity contribution < 1.29 is 4.79 Å². The number of nitrogens with one attached hydrogen (secondary N) is 2. The van der Waals surface area contributed by atoms with Crippen molar-refractivity contribution in [2.45, 2.75) is 19.3 Å². The van der Waals surface area contributed by atoms with E-state index >= 15 is 0 Å². The maximum atomic E-state index is 11.3. The lowest BCUT2D eigenvalue weighted by Crippen LogP contribution is -2.26. The molecular weight excluding hydrogens is 176 g/mol. The molecule has 2 N–H and O–H groups in total. The fraction of sp³-hybridized carbons (Fsp3) is 0.545. The highest BCUT2D eigenvalue weighted by atomic mass is 16.1. The summed E-state index contributed by atoms with van der Waals surface area (Å²) in [7, 11) is 0. The molecule has 2 unspecified atom stereocenters. The topological polar surface area (TPSA) is 41.1 Å². The average molecular weight is 190 g/mol. The molecule has 14 heavy (non-hydrogen) atoms. The van der Waals surface area contributed by atoms with Gasteiger partial charge in [0.05, 0.1) is 0 Å². The Kier molecular flexibility index (Phi) is 1.74. The molecule has 0 radical (unpaired) electrons. The number of hydrogen-bond acceptors (Lipinski definition) is 3. The lowest BCUT2D eigenvalue weighted by Gasteiger charge is -2.29. The Morgan fingerprint density at radius 2 is 2.07 bits per heavy atom. The van der Waals surface area contributed by atoms with Crippen molar-refractivity contribution >= 4 is 5.78 Å². The van der Waals surface area contributed by atoms with Crippen LogP contribution in [0.5, 0.6) is 0 Å². The molecule has 74 valence electrons. The summed E-state index contributed by atoms with van der Waals surface area (Å²) in [5.41, 5.74) is 9.13. The lowest BCUT2D eigenvalue weighted by molar-refractivity contribution is -0.115. The zero-order valence-corrected chi connectivity index (χ0v) is 8.05. The number of rotatable bonds is 0. The SMILES string of the molecule is O=C1C=CC2=C3NNCC3CCC2C1. The lowest BCUT2D eigenvalue weighted by atomic mass is 9.76. The normalized spacial score (nSPS) is 35.3. The van der Waals surface area contributed by atoms with Gasteiger partial charge in [0.15, 0.2) is 5.78 Å². The van der Waals surface area contributed by atoms with E-state index in [2.05, 4.69) is 10.9 Å². The minimum absolute atomic E-state index is 0.281. The molecule has 0 saturated carbocycles. The van der Waals surface area contributed by atoms with Crippen LogP contribution in [-0.4, -0.2) is 12.3 Å². The maximum Gasteiger partial charge on any atom is 0.156 e. The van der Waals surface area contributed by atoms with E-state index in [1.54, 1.807) is 6.08 Å². The molecule has 0 aromatic carbocycles. The van der Waals surface area contributed by atoms with E-state index in [0.29, 0.717) is 18.3 Å². The van der Waals surface area contributed by atoms with Crippen LogP contribution in [-0.2, 0) is 4.79 Å². The molecule has 0 aromatic heterocycles. The van der Waals surface area contributed by atoms with Crippen LogP contribution in [0.15, 0.2) is 23.4 Å². The fourth-order valence-electron chi connectivity index (χ4n) is 2.74. The third-order valence-electron chi connectivity index (χ3n) is 3.49. The van der Waals surface area contributed by atoms with E-state index in [9.17, 15) is 4.79 Å². The molecule has 0 spiro atoms. The van der Waals surface area contributed by atoms with E-state index < -0.39 is 0 Å². The number of hydrogen-bond donors (Lipinski definition) is 2. The quantitative estimate of drug-likeness (QED) is 0.596. The molecule has 0 bridgehead atoms. The van der Waals surface area contributed by atoms with Gasteiger partial charge < -0.3 is 5.43 Å². The van der Waals surface area contributed by atoms with Crippen LogP contribution in [0, 0.1) is 11.8 Å². The van der Waals surface area contributed by atoms with Crippen molar-refractivity contribution in [2.75, 3.05) is 6.54 Å². The van der Waals surface area contributed by atoms with Gasteiger partial charge >= 0.3 is 0 Å². The fourth-order valence-corrected chi connectivity index (χ4v) is 2.74. The molecule has 3 heteroatoms. The van der Waals surface area contributed by atoms with Gasteiger partial charge in [0, 0.05) is 24.6 Å². The second kappa shape index (κ2) is 2.95. The first-order valence-corrected chi connectivity index (χ1v) is 5.28. The molecular formula is C11H14N2O. The molecule has 0 aromatic rings. The van der Waals surface area contributed by atoms with E-state index in [1.165, 1.54) is 24.1 Å². The first-order chi connectivity index (χ1) is 6.84. The summed E-state index contributed by atoms with van der Waals surface area (Å²) in [4.78, 5) is 11.3. The summed E-state index contributed by atoms with van der Waals surface area (Å²) < 4.78 is 0. The third-order valence-corrected chi connectivity index (χ3v) is 3.49. The van der Waals surface area contributed by atoms with Crippen LogP contribution in [0.1, 0.15) is 19.3 Å². The molecule has 3 aliphatic rings. The molecule has 3 rings (SSSR count). The first-order valence-electron chi connectivity index (χ1n) is 5.28. The number of fused-ring (bicyclic) bond motifs is 2. The van der Waals surface area contributed by atoms with Gasteiger partial charge in [-0.2, -0.15) is 0 Å². The number of carbonyl (C=O) groups is 1. The Labute approximate surface area is 83.2 Å². The molecule has 1 heterocycles. The molecule has 3 nitrogen and oxygen atoms in total. The summed E-state index contributed by atoms with van der Waals surface area (Å²) in [6.07, 6.45) is 6.83. The monoisotopic (exact) mass is 190 g/mol. The zero-order valence-electron chi connectivity index (χ0n) is 8.05. The Bertz CT molecular complexity index is 343. The van der Waals surface area contributed by atoms with Crippen LogP contribution >= 0.6 is 0 Å². The molecule has 2 aliphatic carbocycles. The molecule has 1 saturated heterocycles. The van der Waals surface area contributed by atoms with Crippen molar-refractivity contribution in [3.05, 3.63) is 23.4 Å². The first kappa shape index (κ1) is 8.24. The van der Waals surface area contributed by atoms with Gasteiger partial charge in [-0.3, -0.25) is 4.79 Å². The Morgan fingerprint density at radius 1 is 1.21 bits per heavy atom. The Hall–Kier alpha value is -1.09. The summed E-state index contributed by atoms with van der Waals surface area (Å²) in [6.45, 7) is 1.04. The summed E-state index contributed by atoms with van der Waals surface area (Å²) in [6, 6.07) is 0. The van der Waals surface area contributed by atoms with E-state index in [1.807, 2.05) is 6.08 Å². The highest BCUT2D eigenvalue weighted by Crippen LogP contribution is 2.38. The second-order valence-corrected chi connectivity index (χ2v) is 4.35. The van der Waals surface area contributed by atoms with Gasteiger partial charge in [0.25, 0.3) is 0 Å². The predicted octanol–water partition coefficient (Wildman–Crippen LogP) is 0.903. The highest BCUT2D eigenvalue weighted by molar-refractivity contribution is 5.92. The Balaban J connectivity index is 2.03. The minimum Gasteiger partial charge on any atom is -0.325 e. The summed E-state index contributed by atoms with van der Waals surface area (Å²) in [5.74, 6) is 1.41. The van der Waals surface area contributed by atoms with Crippen molar-refractivity contribution in [2.24, 2.45) is 11.8 Å². The van der Waals surface area contributed by atoms with Gasteiger partial charge in [-0.05, 0) is 30.4 Å². The van der Waals surface area contributed by atoms with E-state index in [4.69, 9.17) is 0 Å². The van der Waals surface area contributed by atoms with Crippen molar-refractivity contribution in [1.82, 2.24) is 10.9 Å². The summed E-state index contributed by atoms with van der Waals surface area (Å²) >= 11 is 0. The number of hydrazine groups is 1. The number of carbonyl (C=O) groups excluding carboxylic acids is 1. The van der Waals surface area contributed by atoms with Gasteiger partial charge in [-0.15, -0.1) is 0 Å². The van der Waals surface area contributed by atoms with Crippen molar-refractivity contribution in [1.29, 1.82) is 0 Å². The van der Waals surface area contributed by atoms with Gasteiger partial charge in [-0.1, -0.05) is 6.08 Å². The number of allylic oxidation sites excluding steroid dienone is 3. The molecule has 2 atom stereocenters. The summed E-state index contributed by atoms with van der Waals surface area (Å²) in [5, 5.41) is 0. The van der Waals surface area contributed by atoms with Crippen LogP contribution in [0.4, 0.5) is 0 Å². The minimum atomic E-state index is 0.281. The van der Waals surface area contributed by atoms with Crippen LogP contribution in [0.3, 0.4) is 0 Å². The number of ketones is 1. The molecule has 1 fully saturated rings. The van der Waals surface area contributed by atoms with E-state index in [-0.39, 0.29) is 5.78 Å². The largest absolute Gasteiger partial charge is 0.325 e. The van der Waals surface area contributed by atoms with Crippen LogP contribution in [0.2, 0.25) is 0 Å². The van der Waals surface area contributed by atoms with Crippen LogP contribution in [0.25, 0.3) is 0 Å². The second-order valence-electron chi connectivity index (χ2n) is 4.35. The van der Waals surface area contributed by atoms with Crippen LogP contribution < -0.4 is 10.9 Å². The van der Waals surface area contributed by atoms with E-state index in [0.717, 1.165) is 6.54 Å². The van der Waals surface area contributed by atoms with Gasteiger partial charge in [0.1, 0.15) is 0 Å². The highest BCUT2D eigenvalue weighted by Gasteiger charge is 2.33. The molecule has 0 amide bonds. The van der Waals surface area contributed by atoms with Gasteiger partial charge in [0.2, 0.25) is 0 Å². The smallest absolute Gasteiger partial charge is 0.156 e. The average Bonchev–Trinajstić information content (AvgIpc) is 2.65. The predicted molar refractivity (Wildman–Crippen MR) is 53.1 cm³/mol. The molecule has 1 aliphatic heterocycles. The standard InChI is InChI=1S/C11H14N2O/c14-9-3-4-10-7(5-9)1-2-8-6-12-13-11(8)10/h3-4,7-8,12-13H,1-2,5-6H2. The zero-order chi connectivity index (χ0) is 9.54. The third kappa shape index (κ3) is 1.12. The van der Waals surface area contributed by atoms with Gasteiger partial charge in [-0.25, -0.2) is 5.43 Å². The maximum absolute atomic E-state index is 11.3.